The summed E-state index contributed by atoms with van der Waals surface area (Å²) in [5.74, 6) is 0.968. The second-order valence-corrected chi connectivity index (χ2v) is 4.19. The minimum Gasteiger partial charge on any atom is -0.496 e. The highest BCUT2D eigenvalue weighted by atomic mass is 16.5. The SMILES string of the molecule is CCC(CC)C(=O)Nc1ccc(C)c(OC)c1. The van der Waals surface area contributed by atoms with E-state index in [2.05, 4.69) is 5.32 Å². The first-order valence-corrected chi connectivity index (χ1v) is 6.07. The standard InChI is InChI=1S/C14H21NO2/c1-5-11(6-2)14(16)15-12-8-7-10(3)13(9-12)17-4/h7-9,11H,5-6H2,1-4H3,(H,15,16). The molecule has 0 atom stereocenters. The summed E-state index contributed by atoms with van der Waals surface area (Å²) in [5, 5.41) is 2.93. The fourth-order valence-corrected chi connectivity index (χ4v) is 1.80. The van der Waals surface area contributed by atoms with E-state index in [-0.39, 0.29) is 11.8 Å². The lowest BCUT2D eigenvalue weighted by atomic mass is 10.0. The van der Waals surface area contributed by atoms with Gasteiger partial charge in [-0.1, -0.05) is 19.9 Å². The second-order valence-electron chi connectivity index (χ2n) is 4.19. The van der Waals surface area contributed by atoms with Crippen LogP contribution in [0.5, 0.6) is 5.75 Å². The minimum atomic E-state index is 0.0842. The highest BCUT2D eigenvalue weighted by molar-refractivity contribution is 5.92. The maximum absolute atomic E-state index is 11.9. The van der Waals surface area contributed by atoms with Crippen molar-refractivity contribution in [1.29, 1.82) is 0 Å². The van der Waals surface area contributed by atoms with E-state index < -0.39 is 0 Å². The van der Waals surface area contributed by atoms with Gasteiger partial charge in [-0.3, -0.25) is 4.79 Å². The van der Waals surface area contributed by atoms with Crippen LogP contribution in [-0.2, 0) is 4.79 Å². The average Bonchev–Trinajstić information content (AvgIpc) is 2.33. The number of carbonyl (C=O) groups is 1. The molecule has 0 aliphatic heterocycles. The van der Waals surface area contributed by atoms with Crippen LogP contribution in [0.1, 0.15) is 32.3 Å². The van der Waals surface area contributed by atoms with E-state index in [1.165, 1.54) is 0 Å². The summed E-state index contributed by atoms with van der Waals surface area (Å²) in [6.45, 7) is 6.04. The summed E-state index contributed by atoms with van der Waals surface area (Å²) in [7, 11) is 1.63. The van der Waals surface area contributed by atoms with E-state index in [4.69, 9.17) is 4.74 Å². The van der Waals surface area contributed by atoms with E-state index >= 15 is 0 Å². The summed E-state index contributed by atoms with van der Waals surface area (Å²) in [5.41, 5.74) is 1.86. The second kappa shape index (κ2) is 6.28. The van der Waals surface area contributed by atoms with Gasteiger partial charge in [-0.25, -0.2) is 0 Å². The number of amides is 1. The van der Waals surface area contributed by atoms with Gasteiger partial charge >= 0.3 is 0 Å². The molecule has 0 aliphatic carbocycles. The lowest BCUT2D eigenvalue weighted by molar-refractivity contribution is -0.120. The Morgan fingerprint density at radius 1 is 1.35 bits per heavy atom. The zero-order valence-corrected chi connectivity index (χ0v) is 11.0. The molecule has 0 fully saturated rings. The van der Waals surface area contributed by atoms with Crippen molar-refractivity contribution in [2.24, 2.45) is 5.92 Å². The quantitative estimate of drug-likeness (QED) is 0.849. The van der Waals surface area contributed by atoms with Gasteiger partial charge in [0.15, 0.2) is 0 Å². The van der Waals surface area contributed by atoms with Crippen LogP contribution >= 0.6 is 0 Å². The van der Waals surface area contributed by atoms with E-state index in [0.717, 1.165) is 29.8 Å². The van der Waals surface area contributed by atoms with Crippen molar-refractivity contribution in [2.45, 2.75) is 33.6 Å². The normalized spacial score (nSPS) is 10.4. The number of ether oxygens (including phenoxy) is 1. The van der Waals surface area contributed by atoms with Gasteiger partial charge in [0.25, 0.3) is 0 Å². The molecule has 1 aromatic rings. The van der Waals surface area contributed by atoms with Crippen molar-refractivity contribution in [2.75, 3.05) is 12.4 Å². The van der Waals surface area contributed by atoms with Crippen molar-refractivity contribution >= 4 is 11.6 Å². The van der Waals surface area contributed by atoms with Gasteiger partial charge in [0, 0.05) is 17.7 Å². The number of rotatable bonds is 5. The van der Waals surface area contributed by atoms with E-state index in [9.17, 15) is 4.79 Å². The first-order valence-electron chi connectivity index (χ1n) is 6.07. The lowest BCUT2D eigenvalue weighted by Crippen LogP contribution is -2.21. The molecule has 3 heteroatoms. The van der Waals surface area contributed by atoms with Gasteiger partial charge in [0.05, 0.1) is 7.11 Å². The molecule has 1 rings (SSSR count). The summed E-state index contributed by atoms with van der Waals surface area (Å²) < 4.78 is 5.23. The molecule has 3 nitrogen and oxygen atoms in total. The van der Waals surface area contributed by atoms with Crippen LogP contribution in [0.25, 0.3) is 0 Å². The fourth-order valence-electron chi connectivity index (χ4n) is 1.80. The highest BCUT2D eigenvalue weighted by Crippen LogP contribution is 2.23. The van der Waals surface area contributed by atoms with Crippen LogP contribution in [-0.4, -0.2) is 13.0 Å². The number of methoxy groups -OCH3 is 1. The zero-order chi connectivity index (χ0) is 12.8. The Bertz CT molecular complexity index is 384. The van der Waals surface area contributed by atoms with Gasteiger partial charge in [-0.15, -0.1) is 0 Å². The van der Waals surface area contributed by atoms with Gasteiger partial charge < -0.3 is 10.1 Å². The molecule has 0 radical (unpaired) electrons. The molecule has 0 bridgehead atoms. The van der Waals surface area contributed by atoms with Gasteiger partial charge in [0.2, 0.25) is 5.91 Å². The first kappa shape index (κ1) is 13.6. The van der Waals surface area contributed by atoms with E-state index in [0.29, 0.717) is 0 Å². The third kappa shape index (κ3) is 3.48. The molecule has 0 aromatic heterocycles. The van der Waals surface area contributed by atoms with Crippen LogP contribution in [0.15, 0.2) is 18.2 Å². The largest absolute Gasteiger partial charge is 0.496 e. The number of hydrogen-bond acceptors (Lipinski definition) is 2. The maximum Gasteiger partial charge on any atom is 0.227 e. The maximum atomic E-state index is 11.9. The monoisotopic (exact) mass is 235 g/mol. The molecule has 0 saturated carbocycles. The van der Waals surface area contributed by atoms with Crippen molar-refractivity contribution in [1.82, 2.24) is 0 Å². The number of nitrogens with one attached hydrogen (secondary N) is 1. The number of carbonyl (C=O) groups excluding carboxylic acids is 1. The van der Waals surface area contributed by atoms with Gasteiger partial charge in [-0.05, 0) is 31.4 Å². The summed E-state index contributed by atoms with van der Waals surface area (Å²) in [4.78, 5) is 11.9. The third-order valence-electron chi connectivity index (χ3n) is 3.03. The van der Waals surface area contributed by atoms with E-state index in [1.54, 1.807) is 7.11 Å². The number of benzene rings is 1. The van der Waals surface area contributed by atoms with Crippen molar-refractivity contribution in [3.05, 3.63) is 23.8 Å². The molecule has 0 heterocycles. The van der Waals surface area contributed by atoms with Gasteiger partial charge in [-0.2, -0.15) is 0 Å². The molecule has 94 valence electrons. The average molecular weight is 235 g/mol. The minimum absolute atomic E-state index is 0.0842. The van der Waals surface area contributed by atoms with Crippen LogP contribution in [0, 0.1) is 12.8 Å². The van der Waals surface area contributed by atoms with Gasteiger partial charge in [0.1, 0.15) is 5.75 Å². The third-order valence-corrected chi connectivity index (χ3v) is 3.03. The Labute approximate surface area is 103 Å². The molecule has 1 aromatic carbocycles. The molecule has 0 aliphatic rings. The number of aryl methyl sites for hydroxylation is 1. The predicted octanol–water partition coefficient (Wildman–Crippen LogP) is 3.38. The van der Waals surface area contributed by atoms with Crippen LogP contribution in [0.4, 0.5) is 5.69 Å². The first-order chi connectivity index (χ1) is 8.12. The molecule has 0 unspecified atom stereocenters. The Morgan fingerprint density at radius 2 is 2.00 bits per heavy atom. The lowest BCUT2D eigenvalue weighted by Gasteiger charge is -2.14. The fraction of sp³-hybridized carbons (Fsp3) is 0.500. The predicted molar refractivity (Wildman–Crippen MR) is 70.4 cm³/mol. The Morgan fingerprint density at radius 3 is 2.53 bits per heavy atom. The topological polar surface area (TPSA) is 38.3 Å². The van der Waals surface area contributed by atoms with Crippen LogP contribution in [0.3, 0.4) is 0 Å². The molecular formula is C14H21NO2. The molecule has 17 heavy (non-hydrogen) atoms. The Hall–Kier alpha value is -1.51. The number of anilines is 1. The molecule has 0 spiro atoms. The summed E-state index contributed by atoms with van der Waals surface area (Å²) >= 11 is 0. The Balaban J connectivity index is 2.78. The van der Waals surface area contributed by atoms with Crippen molar-refractivity contribution < 1.29 is 9.53 Å². The van der Waals surface area contributed by atoms with Crippen molar-refractivity contribution in [3.8, 4) is 5.75 Å². The van der Waals surface area contributed by atoms with Crippen molar-refractivity contribution in [3.63, 3.8) is 0 Å². The molecule has 0 saturated heterocycles. The number of hydrogen-bond donors (Lipinski definition) is 1. The Kier molecular flexibility index (Phi) is 5.01. The van der Waals surface area contributed by atoms with E-state index in [1.807, 2.05) is 39.0 Å². The van der Waals surface area contributed by atoms with Crippen LogP contribution in [0.2, 0.25) is 0 Å². The molecular weight excluding hydrogens is 214 g/mol. The smallest absolute Gasteiger partial charge is 0.227 e. The zero-order valence-electron chi connectivity index (χ0n) is 11.0. The molecule has 1 amide bonds. The summed E-state index contributed by atoms with van der Waals surface area (Å²) in [6.07, 6.45) is 1.73. The molecule has 1 N–H and O–H groups in total. The van der Waals surface area contributed by atoms with Crippen LogP contribution < -0.4 is 10.1 Å². The summed E-state index contributed by atoms with van der Waals surface area (Å²) in [6, 6.07) is 5.70. The highest BCUT2D eigenvalue weighted by Gasteiger charge is 2.14.